The van der Waals surface area contributed by atoms with Gasteiger partial charge in [-0.2, -0.15) is 5.26 Å². The van der Waals surface area contributed by atoms with Gasteiger partial charge in [0.25, 0.3) is 0 Å². The summed E-state index contributed by atoms with van der Waals surface area (Å²) in [6, 6.07) is 5.49. The standard InChI is InChI=1S/C12H11BrN2OS/c13-11-6-9(2-1-4-17-5-3-16)12(15)10(7-11)8-14/h6-7,16H,3-5,15H2. The molecule has 0 amide bonds. The average Bonchev–Trinajstić information content (AvgIpc) is 2.32. The quantitative estimate of drug-likeness (QED) is 0.509. The van der Waals surface area contributed by atoms with Crippen molar-refractivity contribution in [3.05, 3.63) is 27.7 Å². The first-order valence-corrected chi connectivity index (χ1v) is 6.80. The summed E-state index contributed by atoms with van der Waals surface area (Å²) in [5, 5.41) is 17.5. The van der Waals surface area contributed by atoms with Gasteiger partial charge in [0, 0.05) is 15.8 Å². The highest BCUT2D eigenvalue weighted by Gasteiger charge is 2.04. The summed E-state index contributed by atoms with van der Waals surface area (Å²) in [6.07, 6.45) is 0. The van der Waals surface area contributed by atoms with Crippen LogP contribution < -0.4 is 5.73 Å². The van der Waals surface area contributed by atoms with Gasteiger partial charge >= 0.3 is 0 Å². The fourth-order valence-corrected chi connectivity index (χ4v) is 2.04. The maximum atomic E-state index is 8.88. The molecule has 0 heterocycles. The normalized spacial score (nSPS) is 9.24. The number of aliphatic hydroxyl groups is 1. The Morgan fingerprint density at radius 1 is 1.41 bits per heavy atom. The van der Waals surface area contributed by atoms with E-state index in [0.717, 1.165) is 4.47 Å². The Labute approximate surface area is 113 Å². The molecule has 0 atom stereocenters. The topological polar surface area (TPSA) is 70.0 Å². The summed E-state index contributed by atoms with van der Waals surface area (Å²) in [6.45, 7) is 0.157. The van der Waals surface area contributed by atoms with Gasteiger partial charge < -0.3 is 10.8 Å². The minimum Gasteiger partial charge on any atom is -0.397 e. The molecule has 17 heavy (non-hydrogen) atoms. The summed E-state index contributed by atoms with van der Waals surface area (Å²) >= 11 is 4.86. The maximum absolute atomic E-state index is 8.88. The molecule has 1 aromatic carbocycles. The molecular weight excluding hydrogens is 300 g/mol. The van der Waals surface area contributed by atoms with Crippen LogP contribution in [0.5, 0.6) is 0 Å². The molecule has 5 heteroatoms. The minimum absolute atomic E-state index is 0.157. The van der Waals surface area contributed by atoms with Gasteiger partial charge in [-0.25, -0.2) is 0 Å². The van der Waals surface area contributed by atoms with E-state index in [4.69, 9.17) is 16.1 Å². The Morgan fingerprint density at radius 2 is 2.12 bits per heavy atom. The lowest BCUT2D eigenvalue weighted by Crippen LogP contribution is -1.95. The molecule has 3 nitrogen and oxygen atoms in total. The van der Waals surface area contributed by atoms with Crippen LogP contribution in [0.15, 0.2) is 16.6 Å². The van der Waals surface area contributed by atoms with Gasteiger partial charge in [-0.1, -0.05) is 27.8 Å². The fourth-order valence-electron chi connectivity index (χ4n) is 1.13. The molecule has 0 saturated carbocycles. The number of nitriles is 1. The van der Waals surface area contributed by atoms with Crippen LogP contribution in [-0.2, 0) is 0 Å². The SMILES string of the molecule is N#Cc1cc(Br)cc(C#CCSCCO)c1N. The molecule has 0 unspecified atom stereocenters. The number of hydrogen-bond acceptors (Lipinski definition) is 4. The number of nitrogens with two attached hydrogens (primary N) is 1. The van der Waals surface area contributed by atoms with Crippen molar-refractivity contribution in [3.63, 3.8) is 0 Å². The van der Waals surface area contributed by atoms with E-state index in [0.29, 0.717) is 28.3 Å². The van der Waals surface area contributed by atoms with E-state index in [1.165, 1.54) is 0 Å². The number of hydrogen-bond donors (Lipinski definition) is 2. The number of halogens is 1. The predicted octanol–water partition coefficient (Wildman–Crippen LogP) is 1.98. The highest BCUT2D eigenvalue weighted by molar-refractivity contribution is 9.10. The van der Waals surface area contributed by atoms with E-state index in [1.54, 1.807) is 23.9 Å². The second kappa shape index (κ2) is 7.24. The molecule has 0 aromatic heterocycles. The zero-order valence-electron chi connectivity index (χ0n) is 9.03. The molecule has 3 N–H and O–H groups in total. The molecule has 88 valence electrons. The summed E-state index contributed by atoms with van der Waals surface area (Å²) in [5.41, 5.74) is 7.30. The van der Waals surface area contributed by atoms with Crippen LogP contribution in [0.2, 0.25) is 0 Å². The summed E-state index contributed by atoms with van der Waals surface area (Å²) in [5.74, 6) is 7.18. The summed E-state index contributed by atoms with van der Waals surface area (Å²) in [4.78, 5) is 0. The van der Waals surface area contributed by atoms with Crippen molar-refractivity contribution >= 4 is 33.4 Å². The Balaban J connectivity index is 2.84. The molecule has 0 radical (unpaired) electrons. The lowest BCUT2D eigenvalue weighted by atomic mass is 10.1. The van der Waals surface area contributed by atoms with Crippen molar-refractivity contribution in [2.24, 2.45) is 0 Å². The van der Waals surface area contributed by atoms with Crippen molar-refractivity contribution in [1.82, 2.24) is 0 Å². The van der Waals surface area contributed by atoms with Gasteiger partial charge in [0.05, 0.1) is 23.6 Å². The van der Waals surface area contributed by atoms with Gasteiger partial charge in [0.2, 0.25) is 0 Å². The second-order valence-corrected chi connectivity index (χ2v) is 5.13. The van der Waals surface area contributed by atoms with E-state index in [-0.39, 0.29) is 6.61 Å². The van der Waals surface area contributed by atoms with Gasteiger partial charge in [-0.05, 0) is 12.1 Å². The molecule has 0 aliphatic carbocycles. The Hall–Kier alpha value is -1.14. The van der Waals surface area contributed by atoms with Crippen molar-refractivity contribution in [2.75, 3.05) is 23.8 Å². The second-order valence-electron chi connectivity index (χ2n) is 3.10. The molecule has 0 fully saturated rings. The smallest absolute Gasteiger partial charge is 0.101 e. The first-order valence-electron chi connectivity index (χ1n) is 4.85. The van der Waals surface area contributed by atoms with Gasteiger partial charge in [0.1, 0.15) is 6.07 Å². The molecule has 0 aliphatic heterocycles. The first kappa shape index (κ1) is 13.9. The lowest BCUT2D eigenvalue weighted by Gasteiger charge is -2.01. The molecule has 1 aromatic rings. The van der Waals surface area contributed by atoms with Crippen LogP contribution in [0.4, 0.5) is 5.69 Å². The van der Waals surface area contributed by atoms with Crippen molar-refractivity contribution in [3.8, 4) is 17.9 Å². The number of benzene rings is 1. The van der Waals surface area contributed by atoms with E-state index in [9.17, 15) is 0 Å². The van der Waals surface area contributed by atoms with E-state index in [2.05, 4.69) is 27.8 Å². The largest absolute Gasteiger partial charge is 0.397 e. The van der Waals surface area contributed by atoms with Crippen LogP contribution >= 0.6 is 27.7 Å². The third-order valence-corrected chi connectivity index (χ3v) is 3.18. The zero-order valence-corrected chi connectivity index (χ0v) is 11.4. The average molecular weight is 311 g/mol. The number of nitrogens with zero attached hydrogens (tertiary/aromatic N) is 1. The van der Waals surface area contributed by atoms with Crippen molar-refractivity contribution in [1.29, 1.82) is 5.26 Å². The first-order chi connectivity index (χ1) is 8.19. The zero-order chi connectivity index (χ0) is 12.7. The molecule has 0 bridgehead atoms. The monoisotopic (exact) mass is 310 g/mol. The Bertz CT molecular complexity index is 500. The highest BCUT2D eigenvalue weighted by Crippen LogP contribution is 2.22. The molecule has 0 saturated heterocycles. The van der Waals surface area contributed by atoms with E-state index < -0.39 is 0 Å². The Kier molecular flexibility index (Phi) is 5.93. The number of anilines is 1. The summed E-state index contributed by atoms with van der Waals surface area (Å²) in [7, 11) is 0. The van der Waals surface area contributed by atoms with E-state index in [1.807, 2.05) is 6.07 Å². The maximum Gasteiger partial charge on any atom is 0.101 e. The fraction of sp³-hybridized carbons (Fsp3) is 0.250. The van der Waals surface area contributed by atoms with Gasteiger partial charge in [0.15, 0.2) is 0 Å². The van der Waals surface area contributed by atoms with Crippen LogP contribution in [-0.4, -0.2) is 23.2 Å². The lowest BCUT2D eigenvalue weighted by molar-refractivity contribution is 0.322. The summed E-state index contributed by atoms with van der Waals surface area (Å²) < 4.78 is 0.788. The number of nitrogen functional groups attached to an aromatic ring is 1. The third-order valence-electron chi connectivity index (χ3n) is 1.90. The minimum atomic E-state index is 0.157. The van der Waals surface area contributed by atoms with Crippen molar-refractivity contribution < 1.29 is 5.11 Å². The van der Waals surface area contributed by atoms with Crippen molar-refractivity contribution in [2.45, 2.75) is 0 Å². The Morgan fingerprint density at radius 3 is 2.76 bits per heavy atom. The molecule has 0 spiro atoms. The van der Waals surface area contributed by atoms with Gasteiger partial charge in [-0.15, -0.1) is 11.8 Å². The molecule has 0 aliphatic rings. The number of aliphatic hydroxyl groups excluding tert-OH is 1. The number of rotatable bonds is 3. The van der Waals surface area contributed by atoms with E-state index >= 15 is 0 Å². The van der Waals surface area contributed by atoms with Crippen LogP contribution in [0.25, 0.3) is 0 Å². The number of thioether (sulfide) groups is 1. The molecule has 1 rings (SSSR count). The van der Waals surface area contributed by atoms with Crippen LogP contribution in [0.3, 0.4) is 0 Å². The third kappa shape index (κ3) is 4.32. The van der Waals surface area contributed by atoms with Crippen LogP contribution in [0.1, 0.15) is 11.1 Å². The molecular formula is C12H11BrN2OS. The highest BCUT2D eigenvalue weighted by atomic mass is 79.9. The van der Waals surface area contributed by atoms with Crippen LogP contribution in [0, 0.1) is 23.2 Å². The predicted molar refractivity (Wildman–Crippen MR) is 74.6 cm³/mol. The van der Waals surface area contributed by atoms with Gasteiger partial charge in [-0.3, -0.25) is 0 Å².